The van der Waals surface area contributed by atoms with Crippen LogP contribution in [0.4, 0.5) is 0 Å². The van der Waals surface area contributed by atoms with Crippen LogP contribution in [0.25, 0.3) is 28.0 Å². The molecule has 132 valence electrons. The Balaban J connectivity index is 1.87. The maximum absolute atomic E-state index is 5.29. The van der Waals surface area contributed by atoms with Crippen molar-refractivity contribution in [1.82, 2.24) is 19.7 Å². The third-order valence-corrected chi connectivity index (χ3v) is 5.36. The highest BCUT2D eigenvalue weighted by molar-refractivity contribution is 7.99. The van der Waals surface area contributed by atoms with E-state index < -0.39 is 0 Å². The number of para-hydroxylation sites is 1. The van der Waals surface area contributed by atoms with Gasteiger partial charge in [0.1, 0.15) is 5.75 Å². The highest BCUT2D eigenvalue weighted by Gasteiger charge is 2.18. The Hall–Kier alpha value is -2.73. The number of H-pyrrole nitrogens is 1. The van der Waals surface area contributed by atoms with Crippen LogP contribution in [0, 0.1) is 0 Å². The lowest BCUT2D eigenvalue weighted by Gasteiger charge is -2.10. The molecular weight excluding hydrogens is 344 g/mol. The van der Waals surface area contributed by atoms with E-state index in [0.29, 0.717) is 0 Å². The molecule has 26 heavy (non-hydrogen) atoms. The molecule has 1 N–H and O–H groups in total. The van der Waals surface area contributed by atoms with E-state index in [2.05, 4.69) is 38.8 Å². The summed E-state index contributed by atoms with van der Waals surface area (Å²) in [4.78, 5) is 3.33. The van der Waals surface area contributed by atoms with Gasteiger partial charge in [-0.2, -0.15) is 0 Å². The standard InChI is InChI=1S/C20H20N4OS/c1-3-12-26-20-23-22-19(17-13-21-18-7-5-4-6-16(17)18)24(20)14-8-10-15(25-2)11-9-14/h4-11,13,21H,3,12H2,1-2H3. The molecule has 0 spiro atoms. The van der Waals surface area contributed by atoms with Crippen molar-refractivity contribution in [2.45, 2.75) is 18.5 Å². The summed E-state index contributed by atoms with van der Waals surface area (Å²) in [7, 11) is 1.67. The number of rotatable bonds is 6. The highest BCUT2D eigenvalue weighted by atomic mass is 32.2. The minimum Gasteiger partial charge on any atom is -0.497 e. The molecule has 5 nitrogen and oxygen atoms in total. The monoisotopic (exact) mass is 364 g/mol. The lowest BCUT2D eigenvalue weighted by atomic mass is 10.1. The van der Waals surface area contributed by atoms with Crippen LogP contribution in [0.5, 0.6) is 5.75 Å². The van der Waals surface area contributed by atoms with E-state index in [1.807, 2.05) is 42.6 Å². The topological polar surface area (TPSA) is 55.7 Å². The average molecular weight is 364 g/mol. The summed E-state index contributed by atoms with van der Waals surface area (Å²) in [5, 5.41) is 11.0. The second-order valence-corrected chi connectivity index (χ2v) is 7.00. The number of ether oxygens (including phenoxy) is 1. The Morgan fingerprint density at radius 3 is 2.65 bits per heavy atom. The third kappa shape index (κ3) is 2.97. The molecule has 0 fully saturated rings. The highest BCUT2D eigenvalue weighted by Crippen LogP contribution is 2.32. The Bertz CT molecular complexity index is 1020. The molecule has 2 heterocycles. The SMILES string of the molecule is CCCSc1nnc(-c2c[nH]c3ccccc23)n1-c1ccc(OC)cc1. The summed E-state index contributed by atoms with van der Waals surface area (Å²) < 4.78 is 7.41. The van der Waals surface area contributed by atoms with Crippen molar-refractivity contribution in [1.29, 1.82) is 0 Å². The predicted octanol–water partition coefficient (Wildman–Crippen LogP) is 4.93. The van der Waals surface area contributed by atoms with E-state index >= 15 is 0 Å². The molecule has 0 aliphatic heterocycles. The largest absolute Gasteiger partial charge is 0.497 e. The van der Waals surface area contributed by atoms with Gasteiger partial charge in [-0.05, 0) is 36.8 Å². The van der Waals surface area contributed by atoms with Crippen LogP contribution < -0.4 is 4.74 Å². The normalized spacial score (nSPS) is 11.2. The van der Waals surface area contributed by atoms with Crippen LogP contribution in [0.2, 0.25) is 0 Å². The Morgan fingerprint density at radius 1 is 1.08 bits per heavy atom. The van der Waals surface area contributed by atoms with Crippen molar-refractivity contribution >= 4 is 22.7 Å². The summed E-state index contributed by atoms with van der Waals surface area (Å²) in [6.07, 6.45) is 3.09. The smallest absolute Gasteiger partial charge is 0.196 e. The predicted molar refractivity (Wildman–Crippen MR) is 106 cm³/mol. The molecule has 0 saturated carbocycles. The zero-order chi connectivity index (χ0) is 17.9. The molecule has 6 heteroatoms. The number of methoxy groups -OCH3 is 1. The second-order valence-electron chi connectivity index (χ2n) is 5.94. The van der Waals surface area contributed by atoms with Gasteiger partial charge in [0.05, 0.1) is 7.11 Å². The van der Waals surface area contributed by atoms with Crippen LogP contribution in [0.3, 0.4) is 0 Å². The summed E-state index contributed by atoms with van der Waals surface area (Å²) >= 11 is 1.72. The average Bonchev–Trinajstić information content (AvgIpc) is 3.30. The molecule has 0 aliphatic carbocycles. The maximum atomic E-state index is 5.29. The molecule has 0 aliphatic rings. The van der Waals surface area contributed by atoms with Gasteiger partial charge >= 0.3 is 0 Å². The summed E-state index contributed by atoms with van der Waals surface area (Å²) in [6.45, 7) is 2.17. The lowest BCUT2D eigenvalue weighted by molar-refractivity contribution is 0.414. The van der Waals surface area contributed by atoms with Gasteiger partial charge in [0.15, 0.2) is 11.0 Å². The fourth-order valence-electron chi connectivity index (χ4n) is 2.95. The number of nitrogens with one attached hydrogen (secondary N) is 1. The molecule has 0 unspecified atom stereocenters. The molecule has 0 amide bonds. The van der Waals surface area contributed by atoms with Crippen LogP contribution in [0.1, 0.15) is 13.3 Å². The number of hydrogen-bond acceptors (Lipinski definition) is 4. The van der Waals surface area contributed by atoms with E-state index in [4.69, 9.17) is 4.74 Å². The zero-order valence-electron chi connectivity index (χ0n) is 14.8. The number of aromatic amines is 1. The summed E-state index contributed by atoms with van der Waals surface area (Å²) in [5.41, 5.74) is 3.16. The van der Waals surface area contributed by atoms with Gasteiger partial charge in [-0.25, -0.2) is 0 Å². The maximum Gasteiger partial charge on any atom is 0.196 e. The number of thioether (sulfide) groups is 1. The molecular formula is C20H20N4OS. The minimum atomic E-state index is 0.832. The Morgan fingerprint density at radius 2 is 1.88 bits per heavy atom. The van der Waals surface area contributed by atoms with Gasteiger partial charge < -0.3 is 9.72 Å². The van der Waals surface area contributed by atoms with E-state index in [-0.39, 0.29) is 0 Å². The van der Waals surface area contributed by atoms with Crippen molar-refractivity contribution in [2.24, 2.45) is 0 Å². The van der Waals surface area contributed by atoms with Gasteiger partial charge in [0.25, 0.3) is 0 Å². The van der Waals surface area contributed by atoms with Crippen molar-refractivity contribution < 1.29 is 4.74 Å². The van der Waals surface area contributed by atoms with Crippen molar-refractivity contribution in [2.75, 3.05) is 12.9 Å². The fourth-order valence-corrected chi connectivity index (χ4v) is 3.76. The van der Waals surface area contributed by atoms with Gasteiger partial charge in [-0.15, -0.1) is 10.2 Å². The van der Waals surface area contributed by atoms with E-state index in [0.717, 1.165) is 51.1 Å². The number of benzene rings is 2. The van der Waals surface area contributed by atoms with Crippen LogP contribution in [-0.2, 0) is 0 Å². The molecule has 2 aromatic heterocycles. The Labute approximate surface area is 156 Å². The van der Waals surface area contributed by atoms with Gasteiger partial charge in [0.2, 0.25) is 0 Å². The molecule has 0 atom stereocenters. The molecule has 0 saturated heterocycles. The number of nitrogens with zero attached hydrogens (tertiary/aromatic N) is 3. The summed E-state index contributed by atoms with van der Waals surface area (Å²) in [6, 6.07) is 16.2. The molecule has 4 rings (SSSR count). The third-order valence-electron chi connectivity index (χ3n) is 4.23. The second kappa shape index (κ2) is 7.25. The Kier molecular flexibility index (Phi) is 4.67. The van der Waals surface area contributed by atoms with Crippen LogP contribution >= 0.6 is 11.8 Å². The molecule has 0 radical (unpaired) electrons. The van der Waals surface area contributed by atoms with Crippen LogP contribution in [0.15, 0.2) is 59.9 Å². The van der Waals surface area contributed by atoms with Gasteiger partial charge in [-0.3, -0.25) is 4.57 Å². The van der Waals surface area contributed by atoms with E-state index in [1.165, 1.54) is 0 Å². The number of hydrogen-bond donors (Lipinski definition) is 1. The van der Waals surface area contributed by atoms with Crippen molar-refractivity contribution in [3.05, 3.63) is 54.7 Å². The molecule has 2 aromatic carbocycles. The first kappa shape index (κ1) is 16.7. The van der Waals surface area contributed by atoms with E-state index in [9.17, 15) is 0 Å². The molecule has 0 bridgehead atoms. The first-order valence-corrected chi connectivity index (χ1v) is 9.59. The zero-order valence-corrected chi connectivity index (χ0v) is 15.6. The summed E-state index contributed by atoms with van der Waals surface area (Å²) in [5.74, 6) is 2.67. The van der Waals surface area contributed by atoms with Crippen LogP contribution in [-0.4, -0.2) is 32.6 Å². The molecule has 4 aromatic rings. The van der Waals surface area contributed by atoms with Crippen molar-refractivity contribution in [3.8, 4) is 22.8 Å². The quantitative estimate of drug-likeness (QED) is 0.493. The van der Waals surface area contributed by atoms with E-state index in [1.54, 1.807) is 18.9 Å². The first-order chi connectivity index (χ1) is 12.8. The number of aromatic nitrogens is 4. The number of fused-ring (bicyclic) bond motifs is 1. The van der Waals surface area contributed by atoms with Gasteiger partial charge in [0, 0.05) is 34.1 Å². The fraction of sp³-hybridized carbons (Fsp3) is 0.200. The first-order valence-electron chi connectivity index (χ1n) is 8.61. The lowest BCUT2D eigenvalue weighted by Crippen LogP contribution is -2.00. The van der Waals surface area contributed by atoms with Gasteiger partial charge in [-0.1, -0.05) is 36.9 Å². The van der Waals surface area contributed by atoms with Crippen molar-refractivity contribution in [3.63, 3.8) is 0 Å². The minimum absolute atomic E-state index is 0.832.